The molecule has 21 heavy (non-hydrogen) atoms. The molecule has 2 aromatic carbocycles. The first-order valence-electron chi connectivity index (χ1n) is 6.13. The second-order valence-electron chi connectivity index (χ2n) is 4.28. The van der Waals surface area contributed by atoms with Gasteiger partial charge < -0.3 is 5.32 Å². The van der Waals surface area contributed by atoms with Crippen LogP contribution >= 0.6 is 11.6 Å². The Bertz CT molecular complexity index is 755. The predicted octanol–water partition coefficient (Wildman–Crippen LogP) is 2.77. The molecule has 104 valence electrons. The molecule has 0 bridgehead atoms. The number of amides is 1. The van der Waals surface area contributed by atoms with Crippen LogP contribution in [0.2, 0.25) is 5.02 Å². The number of benzene rings is 2. The Morgan fingerprint density at radius 1 is 1.14 bits per heavy atom. The van der Waals surface area contributed by atoms with Gasteiger partial charge in [0.1, 0.15) is 0 Å². The van der Waals surface area contributed by atoms with E-state index in [0.29, 0.717) is 22.1 Å². The first-order valence-corrected chi connectivity index (χ1v) is 6.51. The van der Waals surface area contributed by atoms with E-state index in [0.717, 1.165) is 5.56 Å². The lowest BCUT2D eigenvalue weighted by Crippen LogP contribution is -2.11. The van der Waals surface area contributed by atoms with Crippen LogP contribution in [0.15, 0.2) is 48.5 Å². The fourth-order valence-corrected chi connectivity index (χ4v) is 1.95. The summed E-state index contributed by atoms with van der Waals surface area (Å²) in [4.78, 5) is 12.1. The predicted molar refractivity (Wildman–Crippen MR) is 79.0 cm³/mol. The Morgan fingerprint density at radius 3 is 2.67 bits per heavy atom. The van der Waals surface area contributed by atoms with Crippen LogP contribution in [-0.4, -0.2) is 26.5 Å². The van der Waals surface area contributed by atoms with Gasteiger partial charge in [-0.25, -0.2) is 0 Å². The fraction of sp³-hybridized carbons (Fsp3) is 0. The standard InChI is InChI=1S/C14H10ClN5O/c15-11-6-4-9(5-7-11)14(21)16-12-3-1-2-10(8-12)13-17-19-20-18-13/h1-8H,(H,16,21)(H,17,18,19,20). The van der Waals surface area contributed by atoms with Gasteiger partial charge in [0.05, 0.1) is 0 Å². The monoisotopic (exact) mass is 299 g/mol. The third-order valence-corrected chi connectivity index (χ3v) is 3.08. The smallest absolute Gasteiger partial charge is 0.255 e. The molecule has 0 aliphatic carbocycles. The van der Waals surface area contributed by atoms with E-state index in [1.54, 1.807) is 36.4 Å². The molecule has 0 aliphatic rings. The molecule has 0 radical (unpaired) electrons. The van der Waals surface area contributed by atoms with E-state index in [9.17, 15) is 4.79 Å². The van der Waals surface area contributed by atoms with E-state index >= 15 is 0 Å². The van der Waals surface area contributed by atoms with Crippen molar-refractivity contribution in [1.29, 1.82) is 0 Å². The Balaban J connectivity index is 1.80. The average Bonchev–Trinajstić information content (AvgIpc) is 3.02. The number of nitrogens with one attached hydrogen (secondary N) is 2. The molecule has 1 amide bonds. The molecule has 0 spiro atoms. The number of anilines is 1. The minimum absolute atomic E-state index is 0.211. The van der Waals surface area contributed by atoms with Crippen molar-refractivity contribution in [3.05, 3.63) is 59.1 Å². The zero-order chi connectivity index (χ0) is 14.7. The molecular weight excluding hydrogens is 290 g/mol. The van der Waals surface area contributed by atoms with Crippen molar-refractivity contribution < 1.29 is 4.79 Å². The zero-order valence-corrected chi connectivity index (χ0v) is 11.5. The lowest BCUT2D eigenvalue weighted by molar-refractivity contribution is 0.102. The van der Waals surface area contributed by atoms with Gasteiger partial charge in [0, 0.05) is 21.8 Å². The second-order valence-corrected chi connectivity index (χ2v) is 4.71. The summed E-state index contributed by atoms with van der Waals surface area (Å²) in [7, 11) is 0. The van der Waals surface area contributed by atoms with Crippen molar-refractivity contribution in [2.75, 3.05) is 5.32 Å². The third kappa shape index (κ3) is 3.06. The van der Waals surface area contributed by atoms with Gasteiger partial charge in [0.15, 0.2) is 0 Å². The normalized spacial score (nSPS) is 10.3. The Labute approximate surface area is 125 Å². The molecule has 1 heterocycles. The van der Waals surface area contributed by atoms with Crippen LogP contribution in [0.25, 0.3) is 11.4 Å². The molecule has 2 N–H and O–H groups in total. The first kappa shape index (κ1) is 13.3. The van der Waals surface area contributed by atoms with E-state index < -0.39 is 0 Å². The maximum absolute atomic E-state index is 12.1. The number of hydrogen-bond donors (Lipinski definition) is 2. The number of tetrazole rings is 1. The summed E-state index contributed by atoms with van der Waals surface area (Å²) in [6, 6.07) is 13.9. The lowest BCUT2D eigenvalue weighted by atomic mass is 10.1. The van der Waals surface area contributed by atoms with Crippen LogP contribution in [-0.2, 0) is 0 Å². The van der Waals surface area contributed by atoms with Gasteiger partial charge in [0.2, 0.25) is 5.82 Å². The molecule has 0 unspecified atom stereocenters. The van der Waals surface area contributed by atoms with Gasteiger partial charge in [0.25, 0.3) is 5.91 Å². The van der Waals surface area contributed by atoms with Crippen molar-refractivity contribution in [2.24, 2.45) is 0 Å². The average molecular weight is 300 g/mol. The van der Waals surface area contributed by atoms with Crippen molar-refractivity contribution >= 4 is 23.2 Å². The molecule has 7 heteroatoms. The minimum Gasteiger partial charge on any atom is -0.322 e. The summed E-state index contributed by atoms with van der Waals surface area (Å²) in [6.45, 7) is 0. The quantitative estimate of drug-likeness (QED) is 0.779. The molecule has 0 fully saturated rings. The maximum atomic E-state index is 12.1. The molecule has 6 nitrogen and oxygen atoms in total. The van der Waals surface area contributed by atoms with Gasteiger partial charge in [-0.3, -0.25) is 4.79 Å². The van der Waals surface area contributed by atoms with Gasteiger partial charge >= 0.3 is 0 Å². The number of carbonyl (C=O) groups is 1. The van der Waals surface area contributed by atoms with Crippen molar-refractivity contribution in [3.63, 3.8) is 0 Å². The van der Waals surface area contributed by atoms with Gasteiger partial charge in [-0.2, -0.15) is 5.21 Å². The summed E-state index contributed by atoms with van der Waals surface area (Å²) < 4.78 is 0. The van der Waals surface area contributed by atoms with E-state index in [1.165, 1.54) is 0 Å². The highest BCUT2D eigenvalue weighted by Crippen LogP contribution is 2.19. The van der Waals surface area contributed by atoms with E-state index in [-0.39, 0.29) is 5.91 Å². The fourth-order valence-electron chi connectivity index (χ4n) is 1.82. The Hall–Kier alpha value is -2.73. The zero-order valence-electron chi connectivity index (χ0n) is 10.7. The largest absolute Gasteiger partial charge is 0.322 e. The minimum atomic E-state index is -0.211. The number of carbonyl (C=O) groups excluding carboxylic acids is 1. The van der Waals surface area contributed by atoms with E-state index in [4.69, 9.17) is 11.6 Å². The SMILES string of the molecule is O=C(Nc1cccc(-c2nn[nH]n2)c1)c1ccc(Cl)cc1. The topological polar surface area (TPSA) is 83.6 Å². The van der Waals surface area contributed by atoms with Crippen molar-refractivity contribution in [1.82, 2.24) is 20.6 Å². The van der Waals surface area contributed by atoms with Crippen LogP contribution in [0.4, 0.5) is 5.69 Å². The molecule has 0 saturated carbocycles. The number of aromatic nitrogens is 4. The molecule has 1 aromatic heterocycles. The summed E-state index contributed by atoms with van der Waals surface area (Å²) in [5.41, 5.74) is 1.94. The molecule has 0 saturated heterocycles. The maximum Gasteiger partial charge on any atom is 0.255 e. The number of nitrogens with zero attached hydrogens (tertiary/aromatic N) is 3. The Kier molecular flexibility index (Phi) is 3.61. The second kappa shape index (κ2) is 5.72. The van der Waals surface area contributed by atoms with Crippen molar-refractivity contribution in [3.8, 4) is 11.4 Å². The van der Waals surface area contributed by atoms with Crippen LogP contribution in [0.3, 0.4) is 0 Å². The third-order valence-electron chi connectivity index (χ3n) is 2.83. The van der Waals surface area contributed by atoms with E-state index in [2.05, 4.69) is 25.9 Å². The first-order chi connectivity index (χ1) is 10.2. The highest BCUT2D eigenvalue weighted by molar-refractivity contribution is 6.30. The number of H-pyrrole nitrogens is 1. The van der Waals surface area contributed by atoms with Gasteiger partial charge in [-0.15, -0.1) is 10.2 Å². The molecule has 3 rings (SSSR count). The number of aromatic amines is 1. The van der Waals surface area contributed by atoms with Crippen LogP contribution < -0.4 is 5.32 Å². The number of hydrogen-bond acceptors (Lipinski definition) is 4. The Morgan fingerprint density at radius 2 is 1.95 bits per heavy atom. The highest BCUT2D eigenvalue weighted by Gasteiger charge is 2.08. The summed E-state index contributed by atoms with van der Waals surface area (Å²) in [6.07, 6.45) is 0. The lowest BCUT2D eigenvalue weighted by Gasteiger charge is -2.06. The highest BCUT2D eigenvalue weighted by atomic mass is 35.5. The molecular formula is C14H10ClN5O. The summed E-state index contributed by atoms with van der Waals surface area (Å²) in [5.74, 6) is 0.259. The van der Waals surface area contributed by atoms with Gasteiger partial charge in [-0.1, -0.05) is 23.7 Å². The van der Waals surface area contributed by atoms with Crippen molar-refractivity contribution in [2.45, 2.75) is 0 Å². The van der Waals surface area contributed by atoms with Crippen LogP contribution in [0.5, 0.6) is 0 Å². The molecule has 0 aliphatic heterocycles. The van der Waals surface area contributed by atoms with Crippen LogP contribution in [0, 0.1) is 0 Å². The van der Waals surface area contributed by atoms with Crippen LogP contribution in [0.1, 0.15) is 10.4 Å². The summed E-state index contributed by atoms with van der Waals surface area (Å²) in [5, 5.41) is 17.1. The summed E-state index contributed by atoms with van der Waals surface area (Å²) >= 11 is 5.80. The van der Waals surface area contributed by atoms with Gasteiger partial charge in [-0.05, 0) is 41.6 Å². The number of rotatable bonds is 3. The molecule has 3 aromatic rings. The molecule has 0 atom stereocenters. The number of halogens is 1. The van der Waals surface area contributed by atoms with E-state index in [1.807, 2.05) is 12.1 Å².